The van der Waals surface area contributed by atoms with Gasteiger partial charge in [-0.05, 0) is 37.8 Å². The summed E-state index contributed by atoms with van der Waals surface area (Å²) in [7, 11) is 0. The standard InChI is InChI=1S/C16H19N3S/c1-4-6-14(16-7-5-8-20-16)19-15-9-11(2)18-12(3)13(15)10-17/h5,7-9,14H,4,6H2,1-3H3,(H,18,19). The van der Waals surface area contributed by atoms with Crippen LogP contribution in [0.5, 0.6) is 0 Å². The lowest BCUT2D eigenvalue weighted by molar-refractivity contribution is 0.687. The Morgan fingerprint density at radius 3 is 2.85 bits per heavy atom. The summed E-state index contributed by atoms with van der Waals surface area (Å²) in [6.45, 7) is 6.02. The Morgan fingerprint density at radius 2 is 2.25 bits per heavy atom. The van der Waals surface area contributed by atoms with Crippen LogP contribution in [0.25, 0.3) is 0 Å². The molecule has 20 heavy (non-hydrogen) atoms. The third-order valence-corrected chi connectivity index (χ3v) is 4.22. The SMILES string of the molecule is CCCC(Nc1cc(C)nc(C)c1C#N)c1cccs1. The molecule has 2 aromatic heterocycles. The number of pyridine rings is 1. The number of aromatic nitrogens is 1. The fraction of sp³-hybridized carbons (Fsp3) is 0.375. The van der Waals surface area contributed by atoms with Crippen LogP contribution in [-0.2, 0) is 0 Å². The number of rotatable bonds is 5. The van der Waals surface area contributed by atoms with Crippen LogP contribution in [0, 0.1) is 25.2 Å². The topological polar surface area (TPSA) is 48.7 Å². The lowest BCUT2D eigenvalue weighted by Crippen LogP contribution is -2.11. The van der Waals surface area contributed by atoms with Gasteiger partial charge in [0.1, 0.15) is 6.07 Å². The van der Waals surface area contributed by atoms with Gasteiger partial charge >= 0.3 is 0 Å². The minimum Gasteiger partial charge on any atom is -0.376 e. The quantitative estimate of drug-likeness (QED) is 0.874. The molecule has 0 aliphatic heterocycles. The van der Waals surface area contributed by atoms with Gasteiger partial charge in [0, 0.05) is 10.6 Å². The van der Waals surface area contributed by atoms with Crippen molar-refractivity contribution in [1.29, 1.82) is 5.26 Å². The predicted molar refractivity (Wildman–Crippen MR) is 84.0 cm³/mol. The average Bonchev–Trinajstić information content (AvgIpc) is 2.91. The van der Waals surface area contributed by atoms with Gasteiger partial charge in [-0.2, -0.15) is 5.26 Å². The maximum absolute atomic E-state index is 9.34. The predicted octanol–water partition coefficient (Wildman–Crippen LogP) is 4.58. The lowest BCUT2D eigenvalue weighted by atomic mass is 10.1. The van der Waals surface area contributed by atoms with E-state index >= 15 is 0 Å². The smallest absolute Gasteiger partial charge is 0.103 e. The monoisotopic (exact) mass is 285 g/mol. The molecular formula is C16H19N3S. The van der Waals surface area contributed by atoms with Gasteiger partial charge in [0.15, 0.2) is 0 Å². The molecule has 2 aromatic rings. The minimum atomic E-state index is 0.258. The molecule has 0 fully saturated rings. The number of thiophene rings is 1. The van der Waals surface area contributed by atoms with Gasteiger partial charge in [0.05, 0.1) is 23.0 Å². The summed E-state index contributed by atoms with van der Waals surface area (Å²) in [5.41, 5.74) is 3.26. The van der Waals surface area contributed by atoms with Crippen LogP contribution in [0.2, 0.25) is 0 Å². The molecular weight excluding hydrogens is 266 g/mol. The maximum Gasteiger partial charge on any atom is 0.103 e. The molecule has 2 heterocycles. The van der Waals surface area contributed by atoms with Crippen molar-refractivity contribution < 1.29 is 0 Å². The van der Waals surface area contributed by atoms with E-state index in [1.165, 1.54) is 4.88 Å². The van der Waals surface area contributed by atoms with Crippen LogP contribution in [0.4, 0.5) is 5.69 Å². The van der Waals surface area contributed by atoms with Gasteiger partial charge in [-0.25, -0.2) is 0 Å². The fourth-order valence-corrected chi connectivity index (χ4v) is 3.15. The number of hydrogen-bond donors (Lipinski definition) is 1. The van der Waals surface area contributed by atoms with Crippen LogP contribution in [-0.4, -0.2) is 4.98 Å². The first-order valence-corrected chi connectivity index (χ1v) is 7.72. The summed E-state index contributed by atoms with van der Waals surface area (Å²) < 4.78 is 0. The summed E-state index contributed by atoms with van der Waals surface area (Å²) in [6, 6.07) is 8.69. The van der Waals surface area contributed by atoms with Crippen molar-refractivity contribution in [2.45, 2.75) is 39.7 Å². The molecule has 0 aromatic carbocycles. The molecule has 0 aliphatic carbocycles. The largest absolute Gasteiger partial charge is 0.376 e. The summed E-state index contributed by atoms with van der Waals surface area (Å²) in [5, 5.41) is 15.0. The molecule has 2 rings (SSSR count). The molecule has 3 nitrogen and oxygen atoms in total. The summed E-state index contributed by atoms with van der Waals surface area (Å²) in [5.74, 6) is 0. The van der Waals surface area contributed by atoms with E-state index in [0.717, 1.165) is 29.9 Å². The van der Waals surface area contributed by atoms with E-state index in [0.29, 0.717) is 5.56 Å². The van der Waals surface area contributed by atoms with E-state index in [9.17, 15) is 5.26 Å². The zero-order valence-electron chi connectivity index (χ0n) is 12.1. The van der Waals surface area contributed by atoms with Crippen molar-refractivity contribution in [3.8, 4) is 6.07 Å². The number of nitriles is 1. The first-order chi connectivity index (χ1) is 9.65. The summed E-state index contributed by atoms with van der Waals surface area (Å²) in [6.07, 6.45) is 2.15. The van der Waals surface area contributed by atoms with Crippen LogP contribution < -0.4 is 5.32 Å². The Kier molecular flexibility index (Phi) is 4.75. The zero-order chi connectivity index (χ0) is 14.5. The molecule has 1 unspecified atom stereocenters. The lowest BCUT2D eigenvalue weighted by Gasteiger charge is -2.20. The van der Waals surface area contributed by atoms with Crippen LogP contribution in [0.3, 0.4) is 0 Å². The molecule has 104 valence electrons. The molecule has 1 atom stereocenters. The Morgan fingerprint density at radius 1 is 1.45 bits per heavy atom. The van der Waals surface area contributed by atoms with Crippen molar-refractivity contribution in [2.24, 2.45) is 0 Å². The second-order valence-corrected chi connectivity index (χ2v) is 5.86. The second-order valence-electron chi connectivity index (χ2n) is 4.88. The maximum atomic E-state index is 9.34. The molecule has 0 bridgehead atoms. The molecule has 0 radical (unpaired) electrons. The van der Waals surface area contributed by atoms with Crippen molar-refractivity contribution >= 4 is 17.0 Å². The van der Waals surface area contributed by atoms with Gasteiger partial charge in [0.2, 0.25) is 0 Å². The van der Waals surface area contributed by atoms with Gasteiger partial charge in [-0.1, -0.05) is 19.4 Å². The van der Waals surface area contributed by atoms with Crippen molar-refractivity contribution in [2.75, 3.05) is 5.32 Å². The van der Waals surface area contributed by atoms with Crippen molar-refractivity contribution in [3.63, 3.8) is 0 Å². The van der Waals surface area contributed by atoms with Crippen LogP contribution in [0.15, 0.2) is 23.6 Å². The number of nitrogens with zero attached hydrogens (tertiary/aromatic N) is 2. The third kappa shape index (κ3) is 3.17. The van der Waals surface area contributed by atoms with Gasteiger partial charge in [0.25, 0.3) is 0 Å². The van der Waals surface area contributed by atoms with E-state index in [1.807, 2.05) is 19.9 Å². The van der Waals surface area contributed by atoms with Gasteiger partial charge in [-0.3, -0.25) is 4.98 Å². The van der Waals surface area contributed by atoms with Crippen LogP contribution in [0.1, 0.15) is 47.6 Å². The van der Waals surface area contributed by atoms with E-state index in [4.69, 9.17) is 0 Å². The fourth-order valence-electron chi connectivity index (χ4n) is 2.34. The molecule has 0 saturated heterocycles. The Labute approximate surface area is 124 Å². The Bertz CT molecular complexity index is 611. The highest BCUT2D eigenvalue weighted by Gasteiger charge is 2.15. The van der Waals surface area contributed by atoms with Gasteiger partial charge < -0.3 is 5.32 Å². The highest BCUT2D eigenvalue weighted by Crippen LogP contribution is 2.29. The van der Waals surface area contributed by atoms with E-state index in [-0.39, 0.29) is 6.04 Å². The van der Waals surface area contributed by atoms with Crippen molar-refractivity contribution in [3.05, 3.63) is 45.4 Å². The van der Waals surface area contributed by atoms with E-state index in [2.05, 4.69) is 40.8 Å². The Hall–Kier alpha value is -1.86. The molecule has 1 N–H and O–H groups in total. The molecule has 0 amide bonds. The molecule has 0 saturated carbocycles. The summed E-state index contributed by atoms with van der Waals surface area (Å²) in [4.78, 5) is 5.67. The molecule has 0 aliphatic rings. The number of aryl methyl sites for hydroxylation is 2. The van der Waals surface area contributed by atoms with E-state index < -0.39 is 0 Å². The third-order valence-electron chi connectivity index (χ3n) is 3.23. The minimum absolute atomic E-state index is 0.258. The number of hydrogen-bond acceptors (Lipinski definition) is 4. The zero-order valence-corrected chi connectivity index (χ0v) is 12.9. The Balaban J connectivity index is 2.34. The van der Waals surface area contributed by atoms with Gasteiger partial charge in [-0.15, -0.1) is 11.3 Å². The molecule has 4 heteroatoms. The highest BCUT2D eigenvalue weighted by molar-refractivity contribution is 7.10. The summed E-state index contributed by atoms with van der Waals surface area (Å²) >= 11 is 1.75. The molecule has 0 spiro atoms. The first-order valence-electron chi connectivity index (χ1n) is 6.84. The normalized spacial score (nSPS) is 11.9. The number of nitrogens with one attached hydrogen (secondary N) is 1. The number of anilines is 1. The highest BCUT2D eigenvalue weighted by atomic mass is 32.1. The van der Waals surface area contributed by atoms with Crippen molar-refractivity contribution in [1.82, 2.24) is 4.98 Å². The first kappa shape index (κ1) is 14.5. The van der Waals surface area contributed by atoms with E-state index in [1.54, 1.807) is 11.3 Å². The second kappa shape index (κ2) is 6.53. The van der Waals surface area contributed by atoms with Crippen LogP contribution >= 0.6 is 11.3 Å². The average molecular weight is 285 g/mol.